The largest absolute Gasteiger partial charge is 0.382 e. The minimum absolute atomic E-state index is 0.223. The number of halogens is 2. The molecule has 1 aliphatic rings. The summed E-state index contributed by atoms with van der Waals surface area (Å²) >= 11 is 12.2. The van der Waals surface area contributed by atoms with Gasteiger partial charge in [0, 0.05) is 33.4 Å². The predicted octanol–water partition coefficient (Wildman–Crippen LogP) is 5.99. The molecule has 2 aromatic rings. The van der Waals surface area contributed by atoms with Gasteiger partial charge in [0.2, 0.25) is 0 Å². The molecule has 0 saturated heterocycles. The van der Waals surface area contributed by atoms with Crippen LogP contribution in [0.1, 0.15) is 31.9 Å². The molecule has 2 nitrogen and oxygen atoms in total. The summed E-state index contributed by atoms with van der Waals surface area (Å²) < 4.78 is 0. The molecule has 0 fully saturated rings. The number of fused-ring (bicyclic) bond motifs is 1. The highest BCUT2D eigenvalue weighted by Crippen LogP contribution is 2.40. The smallest absolute Gasteiger partial charge is 0.0579 e. The summed E-state index contributed by atoms with van der Waals surface area (Å²) in [6.07, 6.45) is 1.09. The molecule has 0 amide bonds. The van der Waals surface area contributed by atoms with E-state index in [1.165, 1.54) is 11.3 Å². The fraction of sp³-hybridized carbons (Fsp3) is 0.333. The third kappa shape index (κ3) is 3.04. The molecule has 1 aliphatic heterocycles. The Morgan fingerprint density at radius 3 is 2.41 bits per heavy atom. The Hall–Kier alpha value is -1.38. The molecule has 0 unspecified atom stereocenters. The first-order valence-electron chi connectivity index (χ1n) is 7.66. The van der Waals surface area contributed by atoms with E-state index in [4.69, 9.17) is 23.2 Å². The summed E-state index contributed by atoms with van der Waals surface area (Å²) in [6.45, 7) is 4.49. The van der Waals surface area contributed by atoms with E-state index in [9.17, 15) is 0 Å². The first-order valence-corrected chi connectivity index (χ1v) is 8.42. The van der Waals surface area contributed by atoms with Crippen LogP contribution < -0.4 is 10.6 Å². The molecular weight excluding hydrogens is 315 g/mol. The van der Waals surface area contributed by atoms with Crippen molar-refractivity contribution in [2.45, 2.75) is 32.4 Å². The summed E-state index contributed by atoms with van der Waals surface area (Å²) in [7, 11) is 0. The zero-order valence-corrected chi connectivity index (χ0v) is 14.2. The van der Waals surface area contributed by atoms with Gasteiger partial charge in [-0.1, -0.05) is 37.0 Å². The first-order chi connectivity index (χ1) is 10.6. The van der Waals surface area contributed by atoms with Gasteiger partial charge >= 0.3 is 0 Å². The van der Waals surface area contributed by atoms with Crippen molar-refractivity contribution < 1.29 is 0 Å². The van der Waals surface area contributed by atoms with Gasteiger partial charge in [-0.3, -0.25) is 0 Å². The molecule has 0 aliphatic carbocycles. The molecule has 0 bridgehead atoms. The number of hydrogen-bond acceptors (Lipinski definition) is 2. The third-order valence-electron chi connectivity index (χ3n) is 4.46. The Bertz CT molecular complexity index is 655. The average molecular weight is 335 g/mol. The molecule has 116 valence electrons. The monoisotopic (exact) mass is 334 g/mol. The maximum Gasteiger partial charge on any atom is 0.0579 e. The van der Waals surface area contributed by atoms with Crippen LogP contribution in [0.15, 0.2) is 42.5 Å². The van der Waals surface area contributed by atoms with Gasteiger partial charge in [0.15, 0.2) is 0 Å². The third-order valence-corrected chi connectivity index (χ3v) is 4.94. The fourth-order valence-corrected chi connectivity index (χ4v) is 3.48. The van der Waals surface area contributed by atoms with Crippen LogP contribution >= 0.6 is 23.2 Å². The van der Waals surface area contributed by atoms with Crippen LogP contribution in [0.4, 0.5) is 11.4 Å². The molecule has 22 heavy (non-hydrogen) atoms. The van der Waals surface area contributed by atoms with Crippen LogP contribution in [-0.2, 0) is 0 Å². The van der Waals surface area contributed by atoms with Crippen LogP contribution in [0, 0.1) is 5.92 Å². The summed E-state index contributed by atoms with van der Waals surface area (Å²) in [4.78, 5) is 0. The highest BCUT2D eigenvalue weighted by atomic mass is 35.5. The van der Waals surface area contributed by atoms with E-state index in [2.05, 4.69) is 36.6 Å². The second-order valence-corrected chi connectivity index (χ2v) is 6.75. The number of hydrogen-bond donors (Lipinski definition) is 2. The molecule has 3 atom stereocenters. The highest BCUT2D eigenvalue weighted by Gasteiger charge is 2.32. The van der Waals surface area contributed by atoms with Crippen molar-refractivity contribution in [1.29, 1.82) is 0 Å². The van der Waals surface area contributed by atoms with Gasteiger partial charge in [0.1, 0.15) is 0 Å². The van der Waals surface area contributed by atoms with E-state index >= 15 is 0 Å². The lowest BCUT2D eigenvalue weighted by Gasteiger charge is -2.39. The predicted molar refractivity (Wildman–Crippen MR) is 96.1 cm³/mol. The lowest BCUT2D eigenvalue weighted by Crippen LogP contribution is -2.38. The Morgan fingerprint density at radius 1 is 1.05 bits per heavy atom. The van der Waals surface area contributed by atoms with E-state index in [1.54, 1.807) is 0 Å². The van der Waals surface area contributed by atoms with E-state index in [1.807, 2.05) is 30.3 Å². The van der Waals surface area contributed by atoms with Crippen LogP contribution in [0.25, 0.3) is 0 Å². The minimum atomic E-state index is 0.223. The standard InChI is InChI=1S/C18H20Cl2N2/c1-3-16-11(2)18(21-14-7-4-12(19)5-8-14)15-10-13(20)6-9-17(15)22-16/h4-11,16,18,21-22H,3H2,1-2H3/t11-,16-,18-/m0/s1. The Kier molecular flexibility index (Phi) is 4.51. The zero-order chi connectivity index (χ0) is 15.7. The quantitative estimate of drug-likeness (QED) is 0.720. The first kappa shape index (κ1) is 15.5. The van der Waals surface area contributed by atoms with Crippen LogP contribution in [0.5, 0.6) is 0 Å². The molecule has 0 spiro atoms. The van der Waals surface area contributed by atoms with Crippen LogP contribution in [0.3, 0.4) is 0 Å². The van der Waals surface area contributed by atoms with Gasteiger partial charge in [-0.2, -0.15) is 0 Å². The molecule has 2 N–H and O–H groups in total. The highest BCUT2D eigenvalue weighted by molar-refractivity contribution is 6.31. The second kappa shape index (κ2) is 6.39. The molecule has 2 aromatic carbocycles. The normalized spacial score (nSPS) is 23.5. The number of benzene rings is 2. The van der Waals surface area contributed by atoms with Crippen molar-refractivity contribution in [3.8, 4) is 0 Å². The molecule has 1 heterocycles. The van der Waals surface area contributed by atoms with Crippen molar-refractivity contribution in [3.05, 3.63) is 58.1 Å². The minimum Gasteiger partial charge on any atom is -0.382 e. The van der Waals surface area contributed by atoms with Crippen LogP contribution in [0.2, 0.25) is 10.0 Å². The number of anilines is 2. The Labute approximate surface area is 141 Å². The maximum absolute atomic E-state index is 6.21. The lowest BCUT2D eigenvalue weighted by atomic mass is 9.82. The maximum atomic E-state index is 6.21. The van der Waals surface area contributed by atoms with Gasteiger partial charge in [-0.25, -0.2) is 0 Å². The van der Waals surface area contributed by atoms with Crippen molar-refractivity contribution in [2.75, 3.05) is 10.6 Å². The van der Waals surface area contributed by atoms with E-state index in [0.717, 1.165) is 22.2 Å². The van der Waals surface area contributed by atoms with Gasteiger partial charge in [0.25, 0.3) is 0 Å². The molecule has 0 saturated carbocycles. The van der Waals surface area contributed by atoms with E-state index in [-0.39, 0.29) is 6.04 Å². The Morgan fingerprint density at radius 2 is 1.73 bits per heavy atom. The summed E-state index contributed by atoms with van der Waals surface area (Å²) in [5, 5.41) is 8.79. The van der Waals surface area contributed by atoms with Crippen LogP contribution in [-0.4, -0.2) is 6.04 Å². The Balaban J connectivity index is 1.96. The molecule has 0 aromatic heterocycles. The van der Waals surface area contributed by atoms with Crippen molar-refractivity contribution in [1.82, 2.24) is 0 Å². The summed E-state index contributed by atoms with van der Waals surface area (Å²) in [5.41, 5.74) is 3.46. The molecule has 3 rings (SSSR count). The number of nitrogens with one attached hydrogen (secondary N) is 2. The topological polar surface area (TPSA) is 24.1 Å². The van der Waals surface area contributed by atoms with Crippen molar-refractivity contribution >= 4 is 34.6 Å². The van der Waals surface area contributed by atoms with Gasteiger partial charge in [-0.05, 0) is 54.4 Å². The van der Waals surface area contributed by atoms with Gasteiger partial charge in [0.05, 0.1) is 6.04 Å². The summed E-state index contributed by atoms with van der Waals surface area (Å²) in [6, 6.07) is 14.6. The van der Waals surface area contributed by atoms with Crippen molar-refractivity contribution in [2.24, 2.45) is 5.92 Å². The van der Waals surface area contributed by atoms with E-state index in [0.29, 0.717) is 12.0 Å². The SMILES string of the molecule is CC[C@@H]1Nc2ccc(Cl)cc2[C@@H](Nc2ccc(Cl)cc2)[C@H]1C. The molecule has 0 radical (unpaired) electrons. The summed E-state index contributed by atoms with van der Waals surface area (Å²) in [5.74, 6) is 0.451. The fourth-order valence-electron chi connectivity index (χ4n) is 3.18. The van der Waals surface area contributed by atoms with Gasteiger partial charge in [-0.15, -0.1) is 0 Å². The van der Waals surface area contributed by atoms with Gasteiger partial charge < -0.3 is 10.6 Å². The number of rotatable bonds is 3. The molecular formula is C18H20Cl2N2. The zero-order valence-electron chi connectivity index (χ0n) is 12.7. The van der Waals surface area contributed by atoms with Crippen molar-refractivity contribution in [3.63, 3.8) is 0 Å². The lowest BCUT2D eigenvalue weighted by molar-refractivity contribution is 0.400. The van der Waals surface area contributed by atoms with E-state index < -0.39 is 0 Å². The average Bonchev–Trinajstić information content (AvgIpc) is 2.52. The molecule has 4 heteroatoms. The second-order valence-electron chi connectivity index (χ2n) is 5.88.